The predicted molar refractivity (Wildman–Crippen MR) is 198 cm³/mol. The summed E-state index contributed by atoms with van der Waals surface area (Å²) in [5.41, 5.74) is 11.9. The van der Waals surface area contributed by atoms with Gasteiger partial charge < -0.3 is 20.2 Å². The van der Waals surface area contributed by atoms with E-state index in [1.165, 1.54) is 18.2 Å². The number of rotatable bonds is 11. The Kier molecular flexibility index (Phi) is 11.0. The normalized spacial score (nSPS) is 17.1. The third-order valence-electron chi connectivity index (χ3n) is 9.63. The molecule has 12 heteroatoms. The number of aromatic nitrogens is 2. The van der Waals surface area contributed by atoms with Crippen LogP contribution in [0.15, 0.2) is 82.0 Å². The maximum Gasteiger partial charge on any atom is 0.411 e. The molecular weight excluding hydrogens is 695 g/mol. The molecule has 0 spiro atoms. The number of nitrogens with zero attached hydrogens (tertiary/aromatic N) is 3. The molecule has 2 amide bonds. The Morgan fingerprint density at radius 2 is 1.69 bits per heavy atom. The van der Waals surface area contributed by atoms with Crippen LogP contribution >= 0.6 is 0 Å². The fourth-order valence-electron chi connectivity index (χ4n) is 7.35. The average molecular weight is 742 g/mol. The first-order valence-corrected chi connectivity index (χ1v) is 18.2. The molecule has 3 aromatic carbocycles. The number of carbonyl (C=O) groups excluding carboxylic acids is 2. The Labute approximate surface area is 313 Å². The first kappa shape index (κ1) is 38.3. The lowest BCUT2D eigenvalue weighted by atomic mass is 9.77. The minimum atomic E-state index is -0.998. The molecule has 54 heavy (non-hydrogen) atoms. The Balaban J connectivity index is 1.45. The molecule has 2 aliphatic rings. The summed E-state index contributed by atoms with van der Waals surface area (Å²) < 4.78 is 53.7. The van der Waals surface area contributed by atoms with Crippen molar-refractivity contribution < 1.29 is 31.9 Å². The Bertz CT molecular complexity index is 2120. The number of aryl methyl sites for hydroxylation is 3. The molecule has 1 aliphatic carbocycles. The number of ether oxygens (including phenoxy) is 1. The zero-order valence-corrected chi connectivity index (χ0v) is 31.4. The van der Waals surface area contributed by atoms with Gasteiger partial charge in [0.2, 0.25) is 17.7 Å². The van der Waals surface area contributed by atoms with Crippen molar-refractivity contribution in [2.24, 2.45) is 11.7 Å². The second-order valence-electron chi connectivity index (χ2n) is 15.4. The van der Waals surface area contributed by atoms with E-state index in [-0.39, 0.29) is 24.2 Å². The third-order valence-corrected chi connectivity index (χ3v) is 9.63. The molecule has 4 aromatic rings. The summed E-state index contributed by atoms with van der Waals surface area (Å²) in [6.07, 6.45) is 2.19. The van der Waals surface area contributed by atoms with Gasteiger partial charge in [-0.15, -0.1) is 10.2 Å². The standard InChI is InChI=1S/C42H46F3N5O4/c1-23(2)19-34-37(39(46)51)36(38(40-49-48-24(3)53-40)33(47-34)17-10-25-7-13-29(43)14-8-25)28-11-15-30-27(21-28)12-18-35(30)50(41(52)54-42(4,5)6)22-26-9-16-31(44)32(45)20-26/h7-9,11,13-16,20-21,23,35-36,47H,10,12,17-19,22H2,1-6H3,(H2,46,51). The van der Waals surface area contributed by atoms with Gasteiger partial charge in [0.25, 0.3) is 0 Å². The third kappa shape index (κ3) is 8.53. The Hall–Kier alpha value is -5.39. The van der Waals surface area contributed by atoms with Gasteiger partial charge in [0.1, 0.15) is 11.4 Å². The molecule has 0 bridgehead atoms. The van der Waals surface area contributed by atoms with Crippen LogP contribution in [-0.2, 0) is 28.9 Å². The highest BCUT2D eigenvalue weighted by molar-refractivity contribution is 5.99. The molecule has 2 atom stereocenters. The van der Waals surface area contributed by atoms with Crippen LogP contribution in [0.5, 0.6) is 0 Å². The number of dihydropyridines is 1. The summed E-state index contributed by atoms with van der Waals surface area (Å²) in [4.78, 5) is 28.8. The number of halogens is 3. The first-order valence-electron chi connectivity index (χ1n) is 18.2. The van der Waals surface area contributed by atoms with Crippen molar-refractivity contribution in [1.29, 1.82) is 0 Å². The van der Waals surface area contributed by atoms with Crippen LogP contribution in [-0.4, -0.2) is 32.7 Å². The molecule has 0 saturated heterocycles. The molecule has 2 heterocycles. The van der Waals surface area contributed by atoms with E-state index in [4.69, 9.17) is 14.9 Å². The second kappa shape index (κ2) is 15.5. The van der Waals surface area contributed by atoms with Crippen LogP contribution in [0, 0.1) is 30.3 Å². The minimum absolute atomic E-state index is 0.000203. The van der Waals surface area contributed by atoms with E-state index in [0.717, 1.165) is 40.1 Å². The van der Waals surface area contributed by atoms with E-state index in [1.54, 1.807) is 44.7 Å². The number of primary amides is 1. The number of nitrogens with one attached hydrogen (secondary N) is 1. The first-order chi connectivity index (χ1) is 25.6. The van der Waals surface area contributed by atoms with E-state index in [9.17, 15) is 22.8 Å². The molecule has 2 unspecified atom stereocenters. The van der Waals surface area contributed by atoms with E-state index < -0.39 is 41.2 Å². The van der Waals surface area contributed by atoms with E-state index >= 15 is 0 Å². The van der Waals surface area contributed by atoms with Crippen molar-refractivity contribution in [2.75, 3.05) is 0 Å². The monoisotopic (exact) mass is 741 g/mol. The van der Waals surface area contributed by atoms with Gasteiger partial charge in [-0.1, -0.05) is 50.2 Å². The van der Waals surface area contributed by atoms with Gasteiger partial charge >= 0.3 is 6.09 Å². The molecule has 6 rings (SSSR count). The van der Waals surface area contributed by atoms with Crippen molar-refractivity contribution >= 4 is 17.6 Å². The highest BCUT2D eigenvalue weighted by Gasteiger charge is 2.39. The summed E-state index contributed by atoms with van der Waals surface area (Å²) in [6.45, 7) is 11.1. The maximum absolute atomic E-state index is 14.3. The van der Waals surface area contributed by atoms with Crippen molar-refractivity contribution in [1.82, 2.24) is 20.4 Å². The van der Waals surface area contributed by atoms with Gasteiger partial charge in [0, 0.05) is 41.9 Å². The highest BCUT2D eigenvalue weighted by Crippen LogP contribution is 2.47. The molecule has 0 radical (unpaired) electrons. The molecule has 0 saturated carbocycles. The largest absolute Gasteiger partial charge is 0.444 e. The number of allylic oxidation sites excluding steroid dienone is 3. The number of hydrogen-bond donors (Lipinski definition) is 2. The number of amides is 2. The van der Waals surface area contributed by atoms with E-state index in [1.807, 2.05) is 18.2 Å². The number of carbonyl (C=O) groups is 2. The predicted octanol–water partition coefficient (Wildman–Crippen LogP) is 8.74. The number of fused-ring (bicyclic) bond motifs is 1. The second-order valence-corrected chi connectivity index (χ2v) is 15.4. The maximum atomic E-state index is 14.3. The van der Waals surface area contributed by atoms with Crippen molar-refractivity contribution in [3.63, 3.8) is 0 Å². The van der Waals surface area contributed by atoms with Gasteiger partial charge in [-0.3, -0.25) is 9.69 Å². The molecule has 0 fully saturated rings. The molecule has 9 nitrogen and oxygen atoms in total. The van der Waals surface area contributed by atoms with E-state index in [0.29, 0.717) is 60.4 Å². The summed E-state index contributed by atoms with van der Waals surface area (Å²) >= 11 is 0. The quantitative estimate of drug-likeness (QED) is 0.158. The van der Waals surface area contributed by atoms with Crippen LogP contribution in [0.25, 0.3) is 5.57 Å². The van der Waals surface area contributed by atoms with Crippen LogP contribution in [0.3, 0.4) is 0 Å². The number of benzene rings is 3. The van der Waals surface area contributed by atoms with Crippen molar-refractivity contribution in [3.05, 3.63) is 135 Å². The van der Waals surface area contributed by atoms with Gasteiger partial charge in [-0.25, -0.2) is 18.0 Å². The smallest absolute Gasteiger partial charge is 0.411 e. The summed E-state index contributed by atoms with van der Waals surface area (Å²) in [5, 5.41) is 12.1. The zero-order valence-electron chi connectivity index (χ0n) is 31.4. The number of nitrogens with two attached hydrogens (primary N) is 1. The van der Waals surface area contributed by atoms with Crippen molar-refractivity contribution in [2.45, 2.75) is 97.8 Å². The van der Waals surface area contributed by atoms with Crippen LogP contribution in [0.2, 0.25) is 0 Å². The van der Waals surface area contributed by atoms with Crippen molar-refractivity contribution in [3.8, 4) is 0 Å². The molecular formula is C42H46F3N5O4. The topological polar surface area (TPSA) is 124 Å². The summed E-state index contributed by atoms with van der Waals surface area (Å²) in [5.74, 6) is -2.76. The Morgan fingerprint density at radius 3 is 2.31 bits per heavy atom. The van der Waals surface area contributed by atoms with Crippen LogP contribution < -0.4 is 11.1 Å². The fourth-order valence-corrected chi connectivity index (χ4v) is 7.35. The highest BCUT2D eigenvalue weighted by atomic mass is 19.2. The lowest BCUT2D eigenvalue weighted by molar-refractivity contribution is -0.114. The number of hydrogen-bond acceptors (Lipinski definition) is 7. The molecule has 1 aliphatic heterocycles. The van der Waals surface area contributed by atoms with Gasteiger partial charge in [0.05, 0.1) is 6.04 Å². The fraction of sp³-hybridized carbons (Fsp3) is 0.381. The van der Waals surface area contributed by atoms with Gasteiger partial charge in [0.15, 0.2) is 11.6 Å². The summed E-state index contributed by atoms with van der Waals surface area (Å²) in [6, 6.07) is 15.4. The molecule has 3 N–H and O–H groups in total. The summed E-state index contributed by atoms with van der Waals surface area (Å²) in [7, 11) is 0. The van der Waals surface area contributed by atoms with E-state index in [2.05, 4.69) is 29.4 Å². The SMILES string of the molecule is Cc1nnc(C2=C(CCc3ccc(F)cc3)NC(CC(C)C)=C(C(N)=O)C2c2ccc3c(c2)CCC3N(Cc2ccc(F)c(F)c2)C(=O)OC(C)(C)C)o1. The van der Waals surface area contributed by atoms with Crippen LogP contribution in [0.1, 0.15) is 105 Å². The average Bonchev–Trinajstić information content (AvgIpc) is 3.72. The lowest BCUT2D eigenvalue weighted by Crippen LogP contribution is -2.38. The minimum Gasteiger partial charge on any atom is -0.444 e. The molecule has 284 valence electrons. The lowest BCUT2D eigenvalue weighted by Gasteiger charge is -2.34. The Morgan fingerprint density at radius 1 is 0.963 bits per heavy atom. The van der Waals surface area contributed by atoms with Gasteiger partial charge in [-0.05, 0) is 111 Å². The molecule has 1 aromatic heterocycles. The zero-order chi connectivity index (χ0) is 38.9. The van der Waals surface area contributed by atoms with Crippen LogP contribution in [0.4, 0.5) is 18.0 Å². The van der Waals surface area contributed by atoms with Gasteiger partial charge in [-0.2, -0.15) is 0 Å².